The molecule has 1 aromatic rings. The summed E-state index contributed by atoms with van der Waals surface area (Å²) in [5.41, 5.74) is 2.85. The second-order valence-corrected chi connectivity index (χ2v) is 5.03. The lowest BCUT2D eigenvalue weighted by Crippen LogP contribution is -1.91. The monoisotopic (exact) mass is 231 g/mol. The molecule has 0 saturated carbocycles. The van der Waals surface area contributed by atoms with Crippen LogP contribution in [0.1, 0.15) is 76.3 Å². The van der Waals surface area contributed by atoms with Crippen LogP contribution in [0.2, 0.25) is 0 Å². The minimum absolute atomic E-state index is 0.689. The van der Waals surface area contributed by atoms with Gasteiger partial charge < -0.3 is 0 Å². The second kappa shape index (κ2) is 8.33. The van der Waals surface area contributed by atoms with Crippen molar-refractivity contribution in [3.8, 4) is 0 Å². The highest BCUT2D eigenvalue weighted by molar-refractivity contribution is 5.29. The van der Waals surface area contributed by atoms with Gasteiger partial charge >= 0.3 is 0 Å². The van der Waals surface area contributed by atoms with Crippen molar-refractivity contribution in [3.05, 3.63) is 41.8 Å². The summed E-state index contributed by atoms with van der Waals surface area (Å²) in [5.74, 6) is 0.689. The van der Waals surface area contributed by atoms with E-state index in [1.54, 1.807) is 0 Å². The number of rotatable bonds is 8. The van der Waals surface area contributed by atoms with Crippen molar-refractivity contribution in [2.45, 2.75) is 65.2 Å². The van der Waals surface area contributed by atoms with Gasteiger partial charge in [-0.1, -0.05) is 70.7 Å². The van der Waals surface area contributed by atoms with E-state index in [0.29, 0.717) is 5.92 Å². The van der Waals surface area contributed by atoms with E-state index in [9.17, 15) is 0 Å². The average molecular weight is 231 g/mol. The molecule has 1 radical (unpaired) electrons. The summed E-state index contributed by atoms with van der Waals surface area (Å²) in [6.07, 6.45) is 10.2. The van der Waals surface area contributed by atoms with Gasteiger partial charge in [0.15, 0.2) is 0 Å². The zero-order valence-electron chi connectivity index (χ0n) is 11.7. The first-order chi connectivity index (χ1) is 8.27. The Labute approximate surface area is 107 Å². The smallest absolute Gasteiger partial charge is 0.00931 e. The van der Waals surface area contributed by atoms with E-state index in [0.717, 1.165) is 0 Å². The van der Waals surface area contributed by atoms with E-state index in [1.807, 2.05) is 0 Å². The Morgan fingerprint density at radius 1 is 1.00 bits per heavy atom. The molecular formula is C17H27. The predicted octanol–water partition coefficient (Wildman–Crippen LogP) is 5.72. The van der Waals surface area contributed by atoms with E-state index < -0.39 is 0 Å². The molecule has 0 aliphatic carbocycles. The van der Waals surface area contributed by atoms with Crippen LogP contribution in [0.4, 0.5) is 0 Å². The minimum Gasteiger partial charge on any atom is -0.0654 e. The second-order valence-electron chi connectivity index (χ2n) is 5.03. The molecule has 17 heavy (non-hydrogen) atoms. The lowest BCUT2D eigenvalue weighted by atomic mass is 9.96. The molecule has 0 heterocycles. The van der Waals surface area contributed by atoms with Crippen LogP contribution in [0, 0.1) is 6.42 Å². The lowest BCUT2D eigenvalue weighted by molar-refractivity contribution is 0.665. The van der Waals surface area contributed by atoms with Gasteiger partial charge in [-0.05, 0) is 36.3 Å². The van der Waals surface area contributed by atoms with E-state index in [1.165, 1.54) is 49.7 Å². The number of hydrogen-bond acceptors (Lipinski definition) is 0. The molecule has 0 spiro atoms. The summed E-state index contributed by atoms with van der Waals surface area (Å²) >= 11 is 0. The molecule has 0 N–H and O–H groups in total. The third-order valence-electron chi connectivity index (χ3n) is 3.56. The summed E-state index contributed by atoms with van der Waals surface area (Å²) in [6.45, 7) is 6.80. The largest absolute Gasteiger partial charge is 0.0654 e. The maximum atomic E-state index is 2.37. The summed E-state index contributed by atoms with van der Waals surface area (Å²) in [6, 6.07) is 9.10. The number of unbranched alkanes of at least 4 members (excludes halogenated alkanes) is 4. The fourth-order valence-corrected chi connectivity index (χ4v) is 2.04. The Bertz CT molecular complexity index is 283. The van der Waals surface area contributed by atoms with Gasteiger partial charge in [0.1, 0.15) is 0 Å². The fourth-order valence-electron chi connectivity index (χ4n) is 2.04. The summed E-state index contributed by atoms with van der Waals surface area (Å²) in [7, 11) is 0. The molecule has 0 aliphatic rings. The zero-order chi connectivity index (χ0) is 12.5. The third kappa shape index (κ3) is 5.39. The van der Waals surface area contributed by atoms with Gasteiger partial charge in [-0.15, -0.1) is 0 Å². The first-order valence-electron chi connectivity index (χ1n) is 7.21. The Morgan fingerprint density at radius 3 is 2.29 bits per heavy atom. The van der Waals surface area contributed by atoms with Crippen molar-refractivity contribution in [1.29, 1.82) is 0 Å². The normalized spacial score (nSPS) is 12.6. The predicted molar refractivity (Wildman–Crippen MR) is 77.3 cm³/mol. The van der Waals surface area contributed by atoms with E-state index in [2.05, 4.69) is 51.5 Å². The molecule has 0 amide bonds. The first kappa shape index (κ1) is 14.3. The van der Waals surface area contributed by atoms with Crippen LogP contribution in [0.3, 0.4) is 0 Å². The van der Waals surface area contributed by atoms with Crippen LogP contribution in [0.25, 0.3) is 0 Å². The van der Waals surface area contributed by atoms with Crippen LogP contribution in [-0.2, 0) is 0 Å². The Kier molecular flexibility index (Phi) is 7.00. The van der Waals surface area contributed by atoms with Crippen LogP contribution in [0.15, 0.2) is 24.3 Å². The lowest BCUT2D eigenvalue weighted by Gasteiger charge is -2.09. The van der Waals surface area contributed by atoms with Gasteiger partial charge in [0.25, 0.3) is 0 Å². The fraction of sp³-hybridized carbons (Fsp3) is 0.588. The van der Waals surface area contributed by atoms with Crippen LogP contribution >= 0.6 is 0 Å². The van der Waals surface area contributed by atoms with Gasteiger partial charge in [0, 0.05) is 0 Å². The van der Waals surface area contributed by atoms with E-state index in [-0.39, 0.29) is 0 Å². The molecule has 0 fully saturated rings. The summed E-state index contributed by atoms with van der Waals surface area (Å²) < 4.78 is 0. The highest BCUT2D eigenvalue weighted by Crippen LogP contribution is 2.20. The maximum absolute atomic E-state index is 2.37. The van der Waals surface area contributed by atoms with Gasteiger partial charge in [0.05, 0.1) is 0 Å². The summed E-state index contributed by atoms with van der Waals surface area (Å²) in [5, 5.41) is 0. The first-order valence-corrected chi connectivity index (χ1v) is 7.21. The molecule has 0 heteroatoms. The van der Waals surface area contributed by atoms with Crippen molar-refractivity contribution < 1.29 is 0 Å². The molecule has 1 atom stereocenters. The van der Waals surface area contributed by atoms with Crippen molar-refractivity contribution >= 4 is 0 Å². The highest BCUT2D eigenvalue weighted by atomic mass is 14.1. The zero-order valence-corrected chi connectivity index (χ0v) is 11.7. The molecule has 0 saturated heterocycles. The average Bonchev–Trinajstić information content (AvgIpc) is 2.38. The van der Waals surface area contributed by atoms with Crippen molar-refractivity contribution in [1.82, 2.24) is 0 Å². The molecule has 0 bridgehead atoms. The van der Waals surface area contributed by atoms with Crippen LogP contribution < -0.4 is 0 Å². The molecule has 0 aliphatic heterocycles. The minimum atomic E-state index is 0.689. The van der Waals surface area contributed by atoms with E-state index >= 15 is 0 Å². The van der Waals surface area contributed by atoms with Crippen molar-refractivity contribution in [2.75, 3.05) is 0 Å². The van der Waals surface area contributed by atoms with Gasteiger partial charge in [-0.3, -0.25) is 0 Å². The van der Waals surface area contributed by atoms with Gasteiger partial charge in [0.2, 0.25) is 0 Å². The van der Waals surface area contributed by atoms with E-state index in [4.69, 9.17) is 0 Å². The Hall–Kier alpha value is -0.780. The quantitative estimate of drug-likeness (QED) is 0.502. The van der Waals surface area contributed by atoms with Gasteiger partial charge in [-0.25, -0.2) is 0 Å². The van der Waals surface area contributed by atoms with Crippen molar-refractivity contribution in [3.63, 3.8) is 0 Å². The van der Waals surface area contributed by atoms with Crippen LogP contribution in [0.5, 0.6) is 0 Å². The molecule has 1 rings (SSSR count). The van der Waals surface area contributed by atoms with Crippen LogP contribution in [-0.4, -0.2) is 0 Å². The topological polar surface area (TPSA) is 0 Å². The van der Waals surface area contributed by atoms with Gasteiger partial charge in [-0.2, -0.15) is 0 Å². The number of benzene rings is 1. The highest BCUT2D eigenvalue weighted by Gasteiger charge is 2.02. The molecule has 1 aromatic carbocycles. The Balaban J connectivity index is 2.30. The molecule has 0 nitrogen and oxygen atoms in total. The molecule has 1 unspecified atom stereocenters. The molecule has 95 valence electrons. The Morgan fingerprint density at radius 2 is 1.71 bits per heavy atom. The molecule has 0 aromatic heterocycles. The SMILES string of the molecule is CCCCCC[CH]c1ccc(C(C)CC)cc1. The third-order valence-corrected chi connectivity index (χ3v) is 3.56. The number of hydrogen-bond donors (Lipinski definition) is 0. The van der Waals surface area contributed by atoms with Crippen molar-refractivity contribution in [2.24, 2.45) is 0 Å². The molecular weight excluding hydrogens is 204 g/mol. The summed E-state index contributed by atoms with van der Waals surface area (Å²) in [4.78, 5) is 0. The maximum Gasteiger partial charge on any atom is -0.00931 e. The standard InChI is InChI=1S/C17H27/c1-4-6-7-8-9-10-16-11-13-17(14-12-16)15(3)5-2/h10-15H,4-9H2,1-3H3.